The molecular weight excluding hydrogens is 430 g/mol. The van der Waals surface area contributed by atoms with Crippen LogP contribution >= 0.6 is 0 Å². The van der Waals surface area contributed by atoms with Gasteiger partial charge in [0.2, 0.25) is 17.7 Å². The lowest BCUT2D eigenvalue weighted by Gasteiger charge is -2.26. The smallest absolute Gasteiger partial charge is 0.326 e. The Kier molecular flexibility index (Phi) is 11.9. The van der Waals surface area contributed by atoms with Gasteiger partial charge in [0.25, 0.3) is 0 Å². The summed E-state index contributed by atoms with van der Waals surface area (Å²) in [5.74, 6) is -3.23. The van der Waals surface area contributed by atoms with Gasteiger partial charge in [-0.2, -0.15) is 0 Å². The molecule has 11 nitrogen and oxygen atoms in total. The second kappa shape index (κ2) is 14.1. The van der Waals surface area contributed by atoms with Crippen LogP contribution in [0.2, 0.25) is 0 Å². The predicted octanol–water partition coefficient (Wildman–Crippen LogP) is -0.783. The number of carbonyl (C=O) groups is 4. The maximum atomic E-state index is 13.0. The van der Waals surface area contributed by atoms with Crippen molar-refractivity contribution in [1.29, 1.82) is 0 Å². The van der Waals surface area contributed by atoms with E-state index in [1.807, 2.05) is 0 Å². The molecule has 0 heterocycles. The Labute approximate surface area is 193 Å². The molecule has 0 saturated heterocycles. The number of nitrogens with one attached hydrogen (secondary N) is 3. The molecule has 0 aliphatic carbocycles. The molecule has 3 atom stereocenters. The third kappa shape index (κ3) is 9.87. The number of carboxylic acid groups (broad SMARTS) is 1. The van der Waals surface area contributed by atoms with E-state index in [0.717, 1.165) is 0 Å². The van der Waals surface area contributed by atoms with Crippen LogP contribution < -0.4 is 27.4 Å². The van der Waals surface area contributed by atoms with Gasteiger partial charge >= 0.3 is 5.97 Å². The molecule has 0 radical (unpaired) electrons. The van der Waals surface area contributed by atoms with Crippen molar-refractivity contribution < 1.29 is 29.4 Å². The number of hydrogen-bond acceptors (Lipinski definition) is 7. The number of aliphatic carboxylic acids is 1. The largest absolute Gasteiger partial charge is 0.508 e. The molecule has 1 aromatic carbocycles. The molecule has 3 amide bonds. The first kappa shape index (κ1) is 27.9. The highest BCUT2D eigenvalue weighted by Crippen LogP contribution is 2.13. The minimum atomic E-state index is -1.19. The van der Waals surface area contributed by atoms with Crippen molar-refractivity contribution in [3.8, 4) is 5.75 Å². The monoisotopic (exact) mass is 465 g/mol. The summed E-state index contributed by atoms with van der Waals surface area (Å²) in [5, 5.41) is 26.6. The Balaban J connectivity index is 3.07. The lowest BCUT2D eigenvalue weighted by atomic mass is 10.0. The minimum Gasteiger partial charge on any atom is -0.508 e. The molecule has 0 bridgehead atoms. The Morgan fingerprint density at radius 1 is 0.909 bits per heavy atom. The highest BCUT2D eigenvalue weighted by Gasteiger charge is 2.30. The average molecular weight is 466 g/mol. The number of benzene rings is 1. The molecule has 0 spiro atoms. The number of phenols is 1. The van der Waals surface area contributed by atoms with Crippen LogP contribution in [-0.4, -0.2) is 65.1 Å². The van der Waals surface area contributed by atoms with E-state index in [2.05, 4.69) is 16.0 Å². The van der Waals surface area contributed by atoms with Crippen molar-refractivity contribution >= 4 is 23.7 Å². The number of nitrogens with two attached hydrogens (primary N) is 2. The summed E-state index contributed by atoms with van der Waals surface area (Å²) < 4.78 is 0. The van der Waals surface area contributed by atoms with Crippen LogP contribution in [0, 0.1) is 5.92 Å². The van der Waals surface area contributed by atoms with Crippen LogP contribution in [0.1, 0.15) is 38.7 Å². The van der Waals surface area contributed by atoms with E-state index in [9.17, 15) is 29.4 Å². The normalized spacial score (nSPS) is 13.6. The summed E-state index contributed by atoms with van der Waals surface area (Å²) >= 11 is 0. The Morgan fingerprint density at radius 2 is 1.52 bits per heavy atom. The molecule has 9 N–H and O–H groups in total. The van der Waals surface area contributed by atoms with Crippen molar-refractivity contribution in [3.05, 3.63) is 29.8 Å². The summed E-state index contributed by atoms with van der Waals surface area (Å²) in [6.07, 6.45) is 1.37. The van der Waals surface area contributed by atoms with Gasteiger partial charge in [-0.05, 0) is 49.4 Å². The van der Waals surface area contributed by atoms with Crippen LogP contribution in [0.25, 0.3) is 0 Å². The second-order valence-electron chi connectivity index (χ2n) is 8.11. The van der Waals surface area contributed by atoms with Gasteiger partial charge in [-0.3, -0.25) is 14.4 Å². The van der Waals surface area contributed by atoms with E-state index in [-0.39, 0.29) is 31.1 Å². The summed E-state index contributed by atoms with van der Waals surface area (Å²) in [6, 6.07) is 2.88. The number of rotatable bonds is 14. The van der Waals surface area contributed by atoms with Crippen molar-refractivity contribution in [2.75, 3.05) is 13.1 Å². The maximum absolute atomic E-state index is 13.0. The van der Waals surface area contributed by atoms with Crippen molar-refractivity contribution in [1.82, 2.24) is 16.0 Å². The summed E-state index contributed by atoms with van der Waals surface area (Å²) in [4.78, 5) is 49.2. The van der Waals surface area contributed by atoms with Gasteiger partial charge in [-0.15, -0.1) is 0 Å². The molecule has 33 heavy (non-hydrogen) atoms. The van der Waals surface area contributed by atoms with Gasteiger partial charge in [0.15, 0.2) is 0 Å². The van der Waals surface area contributed by atoms with Gasteiger partial charge in [0.1, 0.15) is 23.9 Å². The topological polar surface area (TPSA) is 197 Å². The van der Waals surface area contributed by atoms with Crippen LogP contribution in [-0.2, 0) is 25.6 Å². The molecule has 184 valence electrons. The van der Waals surface area contributed by atoms with E-state index in [1.165, 1.54) is 12.1 Å². The van der Waals surface area contributed by atoms with Gasteiger partial charge in [0.05, 0.1) is 6.54 Å². The number of hydrogen-bond donors (Lipinski definition) is 7. The zero-order chi connectivity index (χ0) is 25.0. The molecule has 0 saturated carbocycles. The number of carbonyl (C=O) groups excluding carboxylic acids is 3. The number of aromatic hydroxyl groups is 1. The van der Waals surface area contributed by atoms with E-state index in [0.29, 0.717) is 24.9 Å². The zero-order valence-corrected chi connectivity index (χ0v) is 19.0. The summed E-state index contributed by atoms with van der Waals surface area (Å²) in [6.45, 7) is 3.57. The maximum Gasteiger partial charge on any atom is 0.326 e. The second-order valence-corrected chi connectivity index (χ2v) is 8.11. The number of phenolic OH excluding ortho intramolecular Hbond substituents is 1. The van der Waals surface area contributed by atoms with Crippen LogP contribution in [0.3, 0.4) is 0 Å². The zero-order valence-electron chi connectivity index (χ0n) is 19.0. The molecule has 0 aliphatic heterocycles. The van der Waals surface area contributed by atoms with Crippen molar-refractivity contribution in [3.63, 3.8) is 0 Å². The van der Waals surface area contributed by atoms with Crippen LogP contribution in [0.4, 0.5) is 0 Å². The van der Waals surface area contributed by atoms with Crippen LogP contribution in [0.15, 0.2) is 24.3 Å². The lowest BCUT2D eigenvalue weighted by molar-refractivity contribution is -0.142. The number of amides is 3. The standard InChI is InChI=1S/C22H35N5O6/c1-13(2)19(27-18(29)12-24)21(31)26-17(11-14-6-8-15(28)9-7-14)20(30)25-16(22(32)33)5-3-4-10-23/h6-9,13,16-17,19,28H,3-5,10-12,23-24H2,1-2H3,(H,25,30)(H,26,31)(H,27,29)(H,32,33). The Morgan fingerprint density at radius 3 is 2.03 bits per heavy atom. The Hall–Kier alpha value is -3.18. The average Bonchev–Trinajstić information content (AvgIpc) is 2.77. The Bertz CT molecular complexity index is 799. The molecular formula is C22H35N5O6. The molecule has 1 rings (SSSR count). The van der Waals surface area contributed by atoms with E-state index < -0.39 is 41.8 Å². The third-order valence-corrected chi connectivity index (χ3v) is 5.02. The van der Waals surface area contributed by atoms with Crippen molar-refractivity contribution in [2.45, 2.75) is 57.7 Å². The van der Waals surface area contributed by atoms with E-state index in [1.54, 1.807) is 26.0 Å². The van der Waals surface area contributed by atoms with Gasteiger partial charge in [-0.25, -0.2) is 4.79 Å². The number of unbranched alkanes of at least 4 members (excludes halogenated alkanes) is 1. The fourth-order valence-corrected chi connectivity index (χ4v) is 3.13. The lowest BCUT2D eigenvalue weighted by Crippen LogP contribution is -2.58. The van der Waals surface area contributed by atoms with E-state index >= 15 is 0 Å². The molecule has 3 unspecified atom stereocenters. The SMILES string of the molecule is CC(C)C(NC(=O)CN)C(=O)NC(Cc1ccc(O)cc1)C(=O)NC(CCCCN)C(=O)O. The molecule has 0 aromatic heterocycles. The van der Waals surface area contributed by atoms with Gasteiger partial charge in [0, 0.05) is 6.42 Å². The van der Waals surface area contributed by atoms with Gasteiger partial charge in [-0.1, -0.05) is 26.0 Å². The predicted molar refractivity (Wildman–Crippen MR) is 122 cm³/mol. The quantitative estimate of drug-likeness (QED) is 0.174. The fourth-order valence-electron chi connectivity index (χ4n) is 3.13. The molecule has 11 heteroatoms. The van der Waals surface area contributed by atoms with Gasteiger partial charge < -0.3 is 37.6 Å². The summed E-state index contributed by atoms with van der Waals surface area (Å²) in [7, 11) is 0. The summed E-state index contributed by atoms with van der Waals surface area (Å²) in [5.41, 5.74) is 11.4. The number of carboxylic acids is 1. The molecule has 0 aliphatic rings. The fraction of sp³-hybridized carbons (Fsp3) is 0.545. The molecule has 0 fully saturated rings. The van der Waals surface area contributed by atoms with Crippen LogP contribution in [0.5, 0.6) is 5.75 Å². The first-order chi connectivity index (χ1) is 15.6. The first-order valence-electron chi connectivity index (χ1n) is 10.9. The minimum absolute atomic E-state index is 0.0407. The highest BCUT2D eigenvalue weighted by atomic mass is 16.4. The first-order valence-corrected chi connectivity index (χ1v) is 10.9. The molecule has 1 aromatic rings. The third-order valence-electron chi connectivity index (χ3n) is 5.02. The van der Waals surface area contributed by atoms with E-state index in [4.69, 9.17) is 11.5 Å². The highest BCUT2D eigenvalue weighted by molar-refractivity contribution is 5.93. The van der Waals surface area contributed by atoms with Crippen molar-refractivity contribution in [2.24, 2.45) is 17.4 Å².